The average Bonchev–Trinajstić information content (AvgIpc) is 2.79. The lowest BCUT2D eigenvalue weighted by Crippen LogP contribution is -2.56. The first kappa shape index (κ1) is 17.2. The number of carbonyl (C=O) groups excluding carboxylic acids is 1. The summed E-state index contributed by atoms with van der Waals surface area (Å²) in [5.41, 5.74) is -1.53. The Kier molecular flexibility index (Phi) is 3.57. The zero-order chi connectivity index (χ0) is 18.2. The number of carbonyl (C=O) groups is 1. The Hall–Kier alpha value is -1.18. The number of aliphatic hydroxyl groups excluding tert-OH is 1. The second-order valence-electron chi connectivity index (χ2n) is 9.17. The number of fused-ring (bicyclic) bond motifs is 5. The molecule has 2 N–H and O–H groups in total. The predicted octanol–water partition coefficient (Wildman–Crippen LogP) is 3.15. The second-order valence-corrected chi connectivity index (χ2v) is 9.17. The molecule has 0 amide bonds. The van der Waals surface area contributed by atoms with E-state index in [2.05, 4.69) is 12.8 Å². The maximum Gasteiger partial charge on any atom is 0.191 e. The minimum atomic E-state index is -1.48. The van der Waals surface area contributed by atoms with Crippen LogP contribution in [0.25, 0.3) is 0 Å². The van der Waals surface area contributed by atoms with E-state index in [-0.39, 0.29) is 23.5 Å². The zero-order valence-corrected chi connectivity index (χ0v) is 15.0. The summed E-state index contributed by atoms with van der Waals surface area (Å²) in [6.07, 6.45) is 9.23. The lowest BCUT2D eigenvalue weighted by Gasteiger charge is -2.58. The van der Waals surface area contributed by atoms with Crippen LogP contribution in [0.3, 0.4) is 0 Å². The molecule has 0 spiro atoms. The molecule has 4 heteroatoms. The van der Waals surface area contributed by atoms with E-state index in [0.29, 0.717) is 31.1 Å². The summed E-state index contributed by atoms with van der Waals surface area (Å²) in [5, 5.41) is 21.5. The summed E-state index contributed by atoms with van der Waals surface area (Å²) >= 11 is 0. The monoisotopic (exact) mass is 346 g/mol. The van der Waals surface area contributed by atoms with Gasteiger partial charge in [0.25, 0.3) is 0 Å². The summed E-state index contributed by atoms with van der Waals surface area (Å²) in [6, 6.07) is 0. The van der Waals surface area contributed by atoms with Crippen LogP contribution >= 0.6 is 0 Å². The molecule has 4 aliphatic carbocycles. The molecule has 0 aliphatic heterocycles. The van der Waals surface area contributed by atoms with Crippen molar-refractivity contribution >= 4 is 5.78 Å². The minimum Gasteiger partial charge on any atom is -0.389 e. The number of hydrogen-bond donors (Lipinski definition) is 2. The first-order valence-electron chi connectivity index (χ1n) is 9.49. The standard InChI is InChI=1S/C21H27FO3/c1-4-21(25)17(24)11-15-12-5-6-14-18(22)16(23)8-9-19(14,2)13(12)7-10-20(15,21)3/h1,12-13,15,17,24-25H,5-11H2,2-3H3/t12-,13-,15+,17?,19-,20+,21?/m1/s1. The van der Waals surface area contributed by atoms with Gasteiger partial charge in [0.15, 0.2) is 17.2 Å². The van der Waals surface area contributed by atoms with Crippen molar-refractivity contribution in [2.75, 3.05) is 0 Å². The molecule has 25 heavy (non-hydrogen) atoms. The largest absolute Gasteiger partial charge is 0.389 e. The Balaban J connectivity index is 1.74. The molecular formula is C21H27FO3. The lowest BCUT2D eigenvalue weighted by molar-refractivity contribution is -0.127. The Labute approximate surface area is 148 Å². The van der Waals surface area contributed by atoms with E-state index in [1.165, 1.54) is 0 Å². The van der Waals surface area contributed by atoms with Crippen LogP contribution in [0.2, 0.25) is 0 Å². The van der Waals surface area contributed by atoms with Crippen LogP contribution in [-0.4, -0.2) is 27.7 Å². The maximum absolute atomic E-state index is 14.5. The normalized spacial score (nSPS) is 52.2. The molecule has 0 saturated heterocycles. The Morgan fingerprint density at radius 1 is 1.20 bits per heavy atom. The van der Waals surface area contributed by atoms with Crippen LogP contribution in [0.5, 0.6) is 0 Å². The number of aliphatic hydroxyl groups is 2. The van der Waals surface area contributed by atoms with Crippen molar-refractivity contribution < 1.29 is 19.4 Å². The number of hydrogen-bond acceptors (Lipinski definition) is 3. The van der Waals surface area contributed by atoms with E-state index in [0.717, 1.165) is 24.8 Å². The number of halogens is 1. The number of allylic oxidation sites excluding steroid dienone is 1. The maximum atomic E-state index is 14.5. The van der Waals surface area contributed by atoms with E-state index in [1.807, 2.05) is 6.92 Å². The summed E-state index contributed by atoms with van der Waals surface area (Å²) in [6.45, 7) is 4.13. The number of ketones is 1. The summed E-state index contributed by atoms with van der Waals surface area (Å²) in [5.74, 6) is 2.40. The Morgan fingerprint density at radius 3 is 2.60 bits per heavy atom. The number of Topliss-reactive ketones (excluding diaryl/α,β-unsaturated/α-hetero) is 1. The van der Waals surface area contributed by atoms with E-state index in [9.17, 15) is 19.4 Å². The fraction of sp³-hybridized carbons (Fsp3) is 0.762. The molecule has 3 nitrogen and oxygen atoms in total. The molecular weight excluding hydrogens is 319 g/mol. The quantitative estimate of drug-likeness (QED) is 0.663. The van der Waals surface area contributed by atoms with Crippen LogP contribution < -0.4 is 0 Å². The van der Waals surface area contributed by atoms with Crippen molar-refractivity contribution in [2.24, 2.45) is 28.6 Å². The summed E-state index contributed by atoms with van der Waals surface area (Å²) in [4.78, 5) is 11.8. The highest BCUT2D eigenvalue weighted by Gasteiger charge is 2.67. The van der Waals surface area contributed by atoms with E-state index < -0.39 is 22.9 Å². The fourth-order valence-corrected chi connectivity index (χ4v) is 6.93. The molecule has 0 bridgehead atoms. The van der Waals surface area contributed by atoms with Gasteiger partial charge in [0.1, 0.15) is 0 Å². The third-order valence-corrected chi connectivity index (χ3v) is 8.49. The molecule has 0 aromatic heterocycles. The van der Waals surface area contributed by atoms with Crippen molar-refractivity contribution in [3.05, 3.63) is 11.4 Å². The first-order valence-corrected chi connectivity index (χ1v) is 9.49. The van der Waals surface area contributed by atoms with Gasteiger partial charge in [0.2, 0.25) is 0 Å². The van der Waals surface area contributed by atoms with Gasteiger partial charge in [-0.2, -0.15) is 0 Å². The molecule has 7 atom stereocenters. The first-order chi connectivity index (χ1) is 11.7. The third-order valence-electron chi connectivity index (χ3n) is 8.49. The SMILES string of the molecule is C#CC1(O)C(O)C[C@H]2[C@@H]3CCC4=C(F)C(=O)CC[C@]4(C)[C@@H]3CC[C@@]21C. The summed E-state index contributed by atoms with van der Waals surface area (Å²) in [7, 11) is 0. The topological polar surface area (TPSA) is 57.5 Å². The average molecular weight is 346 g/mol. The van der Waals surface area contributed by atoms with Crippen LogP contribution in [0.4, 0.5) is 4.39 Å². The smallest absolute Gasteiger partial charge is 0.191 e. The lowest BCUT2D eigenvalue weighted by atomic mass is 9.46. The van der Waals surface area contributed by atoms with E-state index in [4.69, 9.17) is 6.42 Å². The molecule has 0 aromatic carbocycles. The highest BCUT2D eigenvalue weighted by Crippen LogP contribution is 2.67. The van der Waals surface area contributed by atoms with Gasteiger partial charge in [-0.3, -0.25) is 4.79 Å². The van der Waals surface area contributed by atoms with Crippen LogP contribution in [0.1, 0.15) is 58.8 Å². The van der Waals surface area contributed by atoms with Gasteiger partial charge < -0.3 is 10.2 Å². The van der Waals surface area contributed by atoms with Gasteiger partial charge in [0.05, 0.1) is 6.10 Å². The van der Waals surface area contributed by atoms with Crippen LogP contribution in [0.15, 0.2) is 11.4 Å². The minimum absolute atomic E-state index is 0.140. The zero-order valence-electron chi connectivity index (χ0n) is 15.0. The Morgan fingerprint density at radius 2 is 1.92 bits per heavy atom. The van der Waals surface area contributed by atoms with Gasteiger partial charge in [-0.25, -0.2) is 4.39 Å². The molecule has 0 aromatic rings. The molecule has 3 saturated carbocycles. The molecule has 136 valence electrons. The van der Waals surface area contributed by atoms with E-state index >= 15 is 0 Å². The van der Waals surface area contributed by atoms with Crippen molar-refractivity contribution in [1.29, 1.82) is 0 Å². The molecule has 0 radical (unpaired) electrons. The molecule has 4 aliphatic rings. The highest BCUT2D eigenvalue weighted by atomic mass is 19.1. The second kappa shape index (κ2) is 5.18. The highest BCUT2D eigenvalue weighted by molar-refractivity contribution is 5.95. The molecule has 4 rings (SSSR count). The Bertz CT molecular complexity index is 706. The van der Waals surface area contributed by atoms with Gasteiger partial charge in [0, 0.05) is 11.8 Å². The number of terminal acetylenes is 1. The fourth-order valence-electron chi connectivity index (χ4n) is 6.93. The van der Waals surface area contributed by atoms with Crippen LogP contribution in [0, 0.1) is 40.9 Å². The van der Waals surface area contributed by atoms with Gasteiger partial charge in [-0.05, 0) is 67.3 Å². The predicted molar refractivity (Wildman–Crippen MR) is 91.9 cm³/mol. The summed E-state index contributed by atoms with van der Waals surface area (Å²) < 4.78 is 14.5. The van der Waals surface area contributed by atoms with Crippen molar-refractivity contribution in [3.8, 4) is 12.3 Å². The van der Waals surface area contributed by atoms with E-state index in [1.54, 1.807) is 0 Å². The van der Waals surface area contributed by atoms with Crippen LogP contribution in [-0.2, 0) is 4.79 Å². The van der Waals surface area contributed by atoms with Crippen molar-refractivity contribution in [1.82, 2.24) is 0 Å². The van der Waals surface area contributed by atoms with Gasteiger partial charge >= 0.3 is 0 Å². The third kappa shape index (κ3) is 1.92. The van der Waals surface area contributed by atoms with Crippen molar-refractivity contribution in [2.45, 2.75) is 70.5 Å². The van der Waals surface area contributed by atoms with Gasteiger partial charge in [-0.15, -0.1) is 6.42 Å². The molecule has 3 fully saturated rings. The molecule has 2 unspecified atom stereocenters. The molecule has 0 heterocycles. The number of rotatable bonds is 0. The van der Waals surface area contributed by atoms with Crippen molar-refractivity contribution in [3.63, 3.8) is 0 Å². The van der Waals surface area contributed by atoms with Gasteiger partial charge in [-0.1, -0.05) is 19.8 Å².